The predicted octanol–water partition coefficient (Wildman–Crippen LogP) is 2.46. The van der Waals surface area contributed by atoms with Gasteiger partial charge in [-0.25, -0.2) is 28.2 Å². The molecule has 3 N–H and O–H groups in total. The number of fused-ring (bicyclic) bond motifs is 1. The molecule has 0 saturated heterocycles. The highest BCUT2D eigenvalue weighted by molar-refractivity contribution is 7.90. The lowest BCUT2D eigenvalue weighted by Crippen LogP contribution is -2.00. The standard InChI is InChI=1S/C20H17N5O4S/c1-29-20(26)12-5-8-14-15(9-12)25-19(24-14)17-18(21)22-10-16(23-17)11-3-6-13(7-4-11)30(2,27)28/h3-10H,1-2H3,(H2,21,22)(H,24,25). The summed E-state index contributed by atoms with van der Waals surface area (Å²) in [5.41, 5.74) is 9.19. The van der Waals surface area contributed by atoms with Gasteiger partial charge < -0.3 is 15.5 Å². The fraction of sp³-hybridized carbons (Fsp3) is 0.100. The number of nitrogens with zero attached hydrogens (tertiary/aromatic N) is 3. The molecule has 10 heteroatoms. The van der Waals surface area contributed by atoms with Crippen LogP contribution in [0.25, 0.3) is 33.8 Å². The number of hydrogen-bond donors (Lipinski definition) is 2. The lowest BCUT2D eigenvalue weighted by Gasteiger charge is -2.06. The predicted molar refractivity (Wildman–Crippen MR) is 111 cm³/mol. The van der Waals surface area contributed by atoms with E-state index in [9.17, 15) is 13.2 Å². The molecule has 4 rings (SSSR count). The average Bonchev–Trinajstić information content (AvgIpc) is 3.16. The normalized spacial score (nSPS) is 11.5. The zero-order valence-electron chi connectivity index (χ0n) is 16.1. The lowest BCUT2D eigenvalue weighted by molar-refractivity contribution is 0.0601. The lowest BCUT2D eigenvalue weighted by atomic mass is 10.1. The molecule has 2 aromatic heterocycles. The third-order valence-corrected chi connectivity index (χ3v) is 5.63. The molecule has 0 fully saturated rings. The van der Waals surface area contributed by atoms with Crippen LogP contribution in [0.1, 0.15) is 10.4 Å². The fourth-order valence-electron chi connectivity index (χ4n) is 2.95. The van der Waals surface area contributed by atoms with Gasteiger partial charge in [-0.05, 0) is 30.3 Å². The quantitative estimate of drug-likeness (QED) is 0.477. The second-order valence-corrected chi connectivity index (χ2v) is 8.61. The zero-order chi connectivity index (χ0) is 21.5. The van der Waals surface area contributed by atoms with Crippen molar-refractivity contribution < 1.29 is 17.9 Å². The maximum absolute atomic E-state index is 11.7. The third kappa shape index (κ3) is 3.60. The molecule has 2 aromatic carbocycles. The van der Waals surface area contributed by atoms with Crippen LogP contribution in [0.3, 0.4) is 0 Å². The number of carbonyl (C=O) groups excluding carboxylic acids is 1. The van der Waals surface area contributed by atoms with Crippen molar-refractivity contribution in [2.45, 2.75) is 4.90 Å². The molecule has 2 heterocycles. The Morgan fingerprint density at radius 1 is 1.10 bits per heavy atom. The topological polar surface area (TPSA) is 141 Å². The van der Waals surface area contributed by atoms with E-state index in [2.05, 4.69) is 19.9 Å². The van der Waals surface area contributed by atoms with Crippen LogP contribution in [0.2, 0.25) is 0 Å². The van der Waals surface area contributed by atoms with Gasteiger partial charge >= 0.3 is 5.97 Å². The number of carbonyl (C=O) groups is 1. The zero-order valence-corrected chi connectivity index (χ0v) is 16.9. The number of H-pyrrole nitrogens is 1. The summed E-state index contributed by atoms with van der Waals surface area (Å²) in [5.74, 6) is 0.122. The highest BCUT2D eigenvalue weighted by Crippen LogP contribution is 2.27. The smallest absolute Gasteiger partial charge is 0.337 e. The number of ether oxygens (including phenoxy) is 1. The highest BCUT2D eigenvalue weighted by atomic mass is 32.2. The number of rotatable bonds is 4. The number of anilines is 1. The minimum absolute atomic E-state index is 0.179. The van der Waals surface area contributed by atoms with Crippen LogP contribution in [-0.2, 0) is 14.6 Å². The Bertz CT molecular complexity index is 1380. The van der Waals surface area contributed by atoms with Crippen molar-refractivity contribution >= 4 is 32.7 Å². The number of imidazole rings is 1. The molecule has 152 valence electrons. The Labute approximate surface area is 171 Å². The maximum Gasteiger partial charge on any atom is 0.337 e. The number of benzene rings is 2. The molecule has 0 unspecified atom stereocenters. The van der Waals surface area contributed by atoms with Crippen LogP contribution in [0, 0.1) is 0 Å². The van der Waals surface area contributed by atoms with Crippen molar-refractivity contribution in [3.63, 3.8) is 0 Å². The van der Waals surface area contributed by atoms with Crippen LogP contribution >= 0.6 is 0 Å². The molecule has 0 atom stereocenters. The molecule has 0 aliphatic carbocycles. The Kier molecular flexibility index (Phi) is 4.70. The van der Waals surface area contributed by atoms with Crippen LogP contribution in [-0.4, -0.2) is 47.7 Å². The molecule has 9 nitrogen and oxygen atoms in total. The van der Waals surface area contributed by atoms with E-state index in [1.807, 2.05) is 0 Å². The fourth-order valence-corrected chi connectivity index (χ4v) is 3.58. The van der Waals surface area contributed by atoms with E-state index in [1.54, 1.807) is 30.3 Å². The second-order valence-electron chi connectivity index (χ2n) is 6.59. The summed E-state index contributed by atoms with van der Waals surface area (Å²) in [7, 11) is -1.98. The van der Waals surface area contributed by atoms with E-state index in [-0.39, 0.29) is 10.7 Å². The van der Waals surface area contributed by atoms with E-state index in [0.29, 0.717) is 39.4 Å². The van der Waals surface area contributed by atoms with Gasteiger partial charge in [0.1, 0.15) is 5.69 Å². The van der Waals surface area contributed by atoms with Gasteiger partial charge in [0, 0.05) is 11.8 Å². The van der Waals surface area contributed by atoms with Gasteiger partial charge in [-0.3, -0.25) is 0 Å². The van der Waals surface area contributed by atoms with Gasteiger partial charge in [0.05, 0.1) is 40.5 Å². The maximum atomic E-state index is 11.7. The summed E-state index contributed by atoms with van der Waals surface area (Å²) >= 11 is 0. The molecular formula is C20H17N5O4S. The van der Waals surface area contributed by atoms with Crippen LogP contribution in [0.4, 0.5) is 5.82 Å². The summed E-state index contributed by atoms with van der Waals surface area (Å²) in [6, 6.07) is 11.3. The van der Waals surface area contributed by atoms with E-state index < -0.39 is 15.8 Å². The van der Waals surface area contributed by atoms with Crippen LogP contribution < -0.4 is 5.73 Å². The Morgan fingerprint density at radius 3 is 2.50 bits per heavy atom. The molecule has 0 amide bonds. The first kappa shape index (κ1) is 19.5. The van der Waals surface area contributed by atoms with Crippen molar-refractivity contribution in [2.24, 2.45) is 0 Å². The van der Waals surface area contributed by atoms with Crippen molar-refractivity contribution in [1.29, 1.82) is 0 Å². The highest BCUT2D eigenvalue weighted by Gasteiger charge is 2.15. The first-order valence-electron chi connectivity index (χ1n) is 8.78. The number of nitrogen functional groups attached to an aromatic ring is 1. The summed E-state index contributed by atoms with van der Waals surface area (Å²) in [4.78, 5) is 28.3. The summed E-state index contributed by atoms with van der Waals surface area (Å²) < 4.78 is 28.0. The van der Waals surface area contributed by atoms with Gasteiger partial charge in [-0.2, -0.15) is 0 Å². The monoisotopic (exact) mass is 423 g/mol. The van der Waals surface area contributed by atoms with E-state index >= 15 is 0 Å². The number of nitrogens with two attached hydrogens (primary N) is 1. The van der Waals surface area contributed by atoms with Crippen LogP contribution in [0.15, 0.2) is 53.6 Å². The third-order valence-electron chi connectivity index (χ3n) is 4.51. The van der Waals surface area contributed by atoms with Crippen molar-refractivity contribution in [3.05, 3.63) is 54.2 Å². The number of esters is 1. The number of methoxy groups -OCH3 is 1. The summed E-state index contributed by atoms with van der Waals surface area (Å²) in [6.45, 7) is 0. The first-order chi connectivity index (χ1) is 14.3. The molecule has 30 heavy (non-hydrogen) atoms. The number of aromatic amines is 1. The molecule has 0 aliphatic rings. The summed E-state index contributed by atoms with van der Waals surface area (Å²) in [6.07, 6.45) is 2.66. The minimum atomic E-state index is -3.29. The van der Waals surface area contributed by atoms with Gasteiger partial charge in [-0.15, -0.1) is 0 Å². The molecule has 0 saturated carbocycles. The molecule has 0 radical (unpaired) electrons. The summed E-state index contributed by atoms with van der Waals surface area (Å²) in [5, 5.41) is 0. The van der Waals surface area contributed by atoms with Crippen molar-refractivity contribution in [2.75, 3.05) is 19.1 Å². The molecule has 4 aromatic rings. The number of hydrogen-bond acceptors (Lipinski definition) is 8. The van der Waals surface area contributed by atoms with Gasteiger partial charge in [-0.1, -0.05) is 12.1 Å². The SMILES string of the molecule is COC(=O)c1ccc2nc(-c3nc(-c4ccc(S(C)(=O)=O)cc4)cnc3N)[nH]c2c1. The second kappa shape index (κ2) is 7.23. The number of aromatic nitrogens is 4. The Balaban J connectivity index is 1.76. The molecular weight excluding hydrogens is 406 g/mol. The van der Waals surface area contributed by atoms with Crippen molar-refractivity contribution in [3.8, 4) is 22.8 Å². The van der Waals surface area contributed by atoms with E-state index in [4.69, 9.17) is 10.5 Å². The molecule has 0 aliphatic heterocycles. The van der Waals surface area contributed by atoms with E-state index in [0.717, 1.165) is 6.26 Å². The minimum Gasteiger partial charge on any atom is -0.465 e. The average molecular weight is 423 g/mol. The van der Waals surface area contributed by atoms with Crippen molar-refractivity contribution in [1.82, 2.24) is 19.9 Å². The molecule has 0 bridgehead atoms. The Morgan fingerprint density at radius 2 is 1.83 bits per heavy atom. The first-order valence-corrected chi connectivity index (χ1v) is 10.7. The van der Waals surface area contributed by atoms with Gasteiger partial charge in [0.25, 0.3) is 0 Å². The van der Waals surface area contributed by atoms with Gasteiger partial charge in [0.2, 0.25) is 0 Å². The number of nitrogens with one attached hydrogen (secondary N) is 1. The number of sulfone groups is 1. The van der Waals surface area contributed by atoms with Gasteiger partial charge in [0.15, 0.2) is 21.5 Å². The Hall–Kier alpha value is -3.79. The van der Waals surface area contributed by atoms with E-state index in [1.165, 1.54) is 25.4 Å². The van der Waals surface area contributed by atoms with Crippen LogP contribution in [0.5, 0.6) is 0 Å². The largest absolute Gasteiger partial charge is 0.465 e. The molecule has 0 spiro atoms.